The fourth-order valence-corrected chi connectivity index (χ4v) is 2.22. The van der Waals surface area contributed by atoms with Crippen LogP contribution in [-0.4, -0.2) is 41.2 Å². The molecule has 2 N–H and O–H groups in total. The highest BCUT2D eigenvalue weighted by Crippen LogP contribution is 2.13. The van der Waals surface area contributed by atoms with E-state index in [-0.39, 0.29) is 0 Å². The second-order valence-corrected chi connectivity index (χ2v) is 5.24. The maximum absolute atomic E-state index is 5.29. The highest BCUT2D eigenvalue weighted by Gasteiger charge is 2.09. The van der Waals surface area contributed by atoms with Crippen molar-refractivity contribution in [2.75, 3.05) is 20.1 Å². The van der Waals surface area contributed by atoms with Gasteiger partial charge in [0, 0.05) is 39.2 Å². The summed E-state index contributed by atoms with van der Waals surface area (Å²) in [5, 5.41) is 10.4. The summed E-state index contributed by atoms with van der Waals surface area (Å²) in [6.07, 6.45) is 4.78. The molecule has 0 bridgehead atoms. The van der Waals surface area contributed by atoms with E-state index >= 15 is 0 Å². The van der Waals surface area contributed by atoms with Gasteiger partial charge in [0.2, 0.25) is 0 Å². The predicted molar refractivity (Wildman–Crippen MR) is 93.0 cm³/mol. The summed E-state index contributed by atoms with van der Waals surface area (Å²) in [6.45, 7) is 1.38. The number of furan rings is 1. The normalized spacial score (nSPS) is 11.5. The first-order chi connectivity index (χ1) is 12.3. The van der Waals surface area contributed by atoms with Gasteiger partial charge < -0.3 is 19.6 Å². The zero-order valence-corrected chi connectivity index (χ0v) is 14.0. The van der Waals surface area contributed by atoms with Gasteiger partial charge in [-0.2, -0.15) is 4.98 Å². The third-order valence-corrected chi connectivity index (χ3v) is 3.46. The van der Waals surface area contributed by atoms with Crippen LogP contribution >= 0.6 is 0 Å². The Labute approximate surface area is 145 Å². The van der Waals surface area contributed by atoms with Crippen molar-refractivity contribution in [3.05, 3.63) is 54.4 Å². The van der Waals surface area contributed by atoms with Crippen LogP contribution in [0.25, 0.3) is 11.6 Å². The van der Waals surface area contributed by atoms with E-state index in [9.17, 15) is 0 Å². The van der Waals surface area contributed by atoms with Crippen LogP contribution < -0.4 is 10.6 Å². The molecule has 0 saturated heterocycles. The Kier molecular flexibility index (Phi) is 5.76. The van der Waals surface area contributed by atoms with E-state index in [2.05, 4.69) is 30.8 Å². The molecule has 3 aromatic rings. The molecule has 0 radical (unpaired) electrons. The zero-order valence-electron chi connectivity index (χ0n) is 14.0. The first-order valence-corrected chi connectivity index (χ1v) is 8.06. The average molecular weight is 340 g/mol. The lowest BCUT2D eigenvalue weighted by Gasteiger charge is -2.10. The summed E-state index contributed by atoms with van der Waals surface area (Å²) in [6, 6.07) is 9.39. The van der Waals surface area contributed by atoms with Gasteiger partial charge in [-0.05, 0) is 24.3 Å². The molecule has 0 aliphatic rings. The number of aliphatic imine (C=N–C) groups is 1. The van der Waals surface area contributed by atoms with E-state index in [1.807, 2.05) is 30.3 Å². The molecule has 0 unspecified atom stereocenters. The van der Waals surface area contributed by atoms with Gasteiger partial charge in [-0.1, -0.05) is 11.2 Å². The Morgan fingerprint density at radius 3 is 2.72 bits per heavy atom. The summed E-state index contributed by atoms with van der Waals surface area (Å²) in [4.78, 5) is 12.7. The number of nitrogens with zero attached hydrogens (tertiary/aromatic N) is 4. The van der Waals surface area contributed by atoms with Crippen LogP contribution in [0.1, 0.15) is 11.6 Å². The van der Waals surface area contributed by atoms with Gasteiger partial charge in [0.15, 0.2) is 11.8 Å². The van der Waals surface area contributed by atoms with Crippen molar-refractivity contribution in [3.8, 4) is 11.6 Å². The number of hydrogen-bond donors (Lipinski definition) is 2. The molecule has 0 spiro atoms. The van der Waals surface area contributed by atoms with Gasteiger partial charge in [0.05, 0.1) is 6.26 Å². The highest BCUT2D eigenvalue weighted by atomic mass is 16.5. The van der Waals surface area contributed by atoms with Crippen LogP contribution in [0, 0.1) is 0 Å². The molecule has 0 fully saturated rings. The minimum atomic E-state index is 0.427. The number of rotatable bonds is 7. The SMILES string of the molecule is CN=C(NCCc1noc(-c2ccccn2)n1)NCCc1ccco1. The van der Waals surface area contributed by atoms with Gasteiger partial charge in [-0.3, -0.25) is 9.98 Å². The standard InChI is InChI=1S/C17H20N6O2/c1-18-17(20-10-7-13-5-4-12-24-13)21-11-8-15-22-16(25-23-15)14-6-2-3-9-19-14/h2-6,9,12H,7-8,10-11H2,1H3,(H2,18,20,21). The molecule has 3 heterocycles. The van der Waals surface area contributed by atoms with Gasteiger partial charge in [0.25, 0.3) is 5.89 Å². The van der Waals surface area contributed by atoms with E-state index in [0.717, 1.165) is 24.7 Å². The topological polar surface area (TPSA) is 101 Å². The van der Waals surface area contributed by atoms with Crippen LogP contribution in [0.15, 0.2) is 56.7 Å². The number of aromatic nitrogens is 3. The average Bonchev–Trinajstić information content (AvgIpc) is 3.33. The molecule has 130 valence electrons. The second kappa shape index (κ2) is 8.62. The number of pyridine rings is 1. The van der Waals surface area contributed by atoms with Crippen molar-refractivity contribution in [3.63, 3.8) is 0 Å². The molecule has 3 rings (SSSR count). The van der Waals surface area contributed by atoms with Gasteiger partial charge >= 0.3 is 0 Å². The molecular formula is C17H20N6O2. The summed E-state index contributed by atoms with van der Waals surface area (Å²) in [5.74, 6) is 2.72. The molecule has 0 saturated carbocycles. The molecule has 3 aromatic heterocycles. The van der Waals surface area contributed by atoms with Crippen molar-refractivity contribution in [1.82, 2.24) is 25.8 Å². The second-order valence-electron chi connectivity index (χ2n) is 5.24. The smallest absolute Gasteiger partial charge is 0.276 e. The first-order valence-electron chi connectivity index (χ1n) is 8.06. The predicted octanol–water partition coefficient (Wildman–Crippen LogP) is 1.67. The van der Waals surface area contributed by atoms with Gasteiger partial charge in [-0.15, -0.1) is 0 Å². The van der Waals surface area contributed by atoms with Crippen molar-refractivity contribution in [2.24, 2.45) is 4.99 Å². The van der Waals surface area contributed by atoms with Crippen LogP contribution in [0.3, 0.4) is 0 Å². The summed E-state index contributed by atoms with van der Waals surface area (Å²) in [7, 11) is 1.73. The Morgan fingerprint density at radius 2 is 2.00 bits per heavy atom. The van der Waals surface area contributed by atoms with E-state index in [1.165, 1.54) is 0 Å². The number of guanidine groups is 1. The minimum Gasteiger partial charge on any atom is -0.469 e. The van der Waals surface area contributed by atoms with E-state index < -0.39 is 0 Å². The fourth-order valence-electron chi connectivity index (χ4n) is 2.22. The Bertz CT molecular complexity index is 783. The molecule has 0 aliphatic carbocycles. The molecule has 8 nitrogen and oxygen atoms in total. The van der Waals surface area contributed by atoms with E-state index in [0.29, 0.717) is 30.4 Å². The molecule has 0 atom stereocenters. The molecule has 0 aliphatic heterocycles. The Hall–Kier alpha value is -3.16. The molecule has 25 heavy (non-hydrogen) atoms. The highest BCUT2D eigenvalue weighted by molar-refractivity contribution is 5.79. The molecule has 0 amide bonds. The van der Waals surface area contributed by atoms with Crippen molar-refractivity contribution >= 4 is 5.96 Å². The molecule has 0 aromatic carbocycles. The third kappa shape index (κ3) is 4.90. The van der Waals surface area contributed by atoms with E-state index in [1.54, 1.807) is 19.5 Å². The number of nitrogens with one attached hydrogen (secondary N) is 2. The van der Waals surface area contributed by atoms with Crippen molar-refractivity contribution < 1.29 is 8.94 Å². The fraction of sp³-hybridized carbons (Fsp3) is 0.294. The van der Waals surface area contributed by atoms with Crippen LogP contribution in [-0.2, 0) is 12.8 Å². The molecule has 8 heteroatoms. The molecular weight excluding hydrogens is 320 g/mol. The summed E-state index contributed by atoms with van der Waals surface area (Å²) >= 11 is 0. The minimum absolute atomic E-state index is 0.427. The lowest BCUT2D eigenvalue weighted by atomic mass is 10.3. The maximum atomic E-state index is 5.29. The van der Waals surface area contributed by atoms with Crippen molar-refractivity contribution in [2.45, 2.75) is 12.8 Å². The lowest BCUT2D eigenvalue weighted by Crippen LogP contribution is -2.39. The first kappa shape index (κ1) is 16.7. The zero-order chi connectivity index (χ0) is 17.3. The quantitative estimate of drug-likeness (QED) is 0.498. The van der Waals surface area contributed by atoms with Crippen molar-refractivity contribution in [1.29, 1.82) is 0 Å². The van der Waals surface area contributed by atoms with E-state index in [4.69, 9.17) is 8.94 Å². The van der Waals surface area contributed by atoms with Crippen LogP contribution in [0.2, 0.25) is 0 Å². The van der Waals surface area contributed by atoms with Crippen LogP contribution in [0.4, 0.5) is 0 Å². The van der Waals surface area contributed by atoms with Gasteiger partial charge in [-0.25, -0.2) is 0 Å². The largest absolute Gasteiger partial charge is 0.469 e. The monoisotopic (exact) mass is 340 g/mol. The Morgan fingerprint density at radius 1 is 1.12 bits per heavy atom. The third-order valence-electron chi connectivity index (χ3n) is 3.46. The van der Waals surface area contributed by atoms with Gasteiger partial charge in [0.1, 0.15) is 11.5 Å². The maximum Gasteiger partial charge on any atom is 0.276 e. The van der Waals surface area contributed by atoms with Crippen LogP contribution in [0.5, 0.6) is 0 Å². The summed E-state index contributed by atoms with van der Waals surface area (Å²) in [5.41, 5.74) is 0.671. The lowest BCUT2D eigenvalue weighted by molar-refractivity contribution is 0.421. The summed E-state index contributed by atoms with van der Waals surface area (Å²) < 4.78 is 10.5. The Balaban J connectivity index is 1.41. The number of hydrogen-bond acceptors (Lipinski definition) is 6.